The maximum Gasteiger partial charge on any atom is 0.407 e. The molecular weight excluding hydrogens is 492 g/mol. The van der Waals surface area contributed by atoms with Crippen molar-refractivity contribution in [2.75, 3.05) is 25.5 Å². The Balaban J connectivity index is 1.32. The lowest BCUT2D eigenvalue weighted by Crippen LogP contribution is -2.38. The normalized spacial score (nSPS) is 14.4. The lowest BCUT2D eigenvalue weighted by Gasteiger charge is -2.32. The predicted octanol–water partition coefficient (Wildman–Crippen LogP) is 4.95. The third-order valence-corrected chi connectivity index (χ3v) is 6.62. The summed E-state index contributed by atoms with van der Waals surface area (Å²) in [4.78, 5) is 39.1. The number of ether oxygens (including phenoxy) is 1. The zero-order valence-electron chi connectivity index (χ0n) is 21.0. The zero-order valence-corrected chi connectivity index (χ0v) is 21.0. The van der Waals surface area contributed by atoms with Crippen LogP contribution < -0.4 is 10.6 Å². The molecule has 3 aromatic carbocycles. The second kappa shape index (κ2) is 12.3. The molecule has 198 valence electrons. The molecule has 0 aliphatic carbocycles. The number of rotatable bonds is 7. The molecule has 0 aromatic heterocycles. The van der Waals surface area contributed by atoms with E-state index in [4.69, 9.17) is 0 Å². The number of nitrogens with zero attached hydrogens (tertiary/aromatic N) is 1. The highest BCUT2D eigenvalue weighted by Crippen LogP contribution is 2.29. The number of carbonyl (C=O) groups is 3. The summed E-state index contributed by atoms with van der Waals surface area (Å²) in [5, 5.41) is 5.40. The molecule has 1 fully saturated rings. The maximum atomic E-state index is 13.4. The van der Waals surface area contributed by atoms with Gasteiger partial charge in [-0.15, -0.1) is 0 Å². The van der Waals surface area contributed by atoms with E-state index < -0.39 is 29.7 Å². The van der Waals surface area contributed by atoms with Gasteiger partial charge in [0.15, 0.2) is 0 Å². The number of halogens is 2. The summed E-state index contributed by atoms with van der Waals surface area (Å²) in [5.74, 6) is -1.70. The number of piperidine rings is 1. The highest BCUT2D eigenvalue weighted by molar-refractivity contribution is 5.97. The highest BCUT2D eigenvalue weighted by Gasteiger charge is 2.25. The van der Waals surface area contributed by atoms with Gasteiger partial charge in [0.25, 0.3) is 5.91 Å². The van der Waals surface area contributed by atoms with Crippen molar-refractivity contribution in [1.82, 2.24) is 10.2 Å². The number of benzene rings is 3. The van der Waals surface area contributed by atoms with E-state index in [1.54, 1.807) is 29.2 Å². The summed E-state index contributed by atoms with van der Waals surface area (Å²) in [6.07, 6.45) is 0.766. The molecule has 0 saturated carbocycles. The minimum atomic E-state index is -0.922. The third-order valence-electron chi connectivity index (χ3n) is 6.62. The Labute approximate surface area is 219 Å². The average Bonchev–Trinajstić information content (AvgIpc) is 2.92. The number of alkyl carbamates (subject to hydrolysis) is 1. The first kappa shape index (κ1) is 26.8. The largest absolute Gasteiger partial charge is 0.453 e. The van der Waals surface area contributed by atoms with Crippen LogP contribution in [0.1, 0.15) is 41.5 Å². The molecule has 7 nitrogen and oxygen atoms in total. The Kier molecular flexibility index (Phi) is 8.68. The molecule has 3 aromatic rings. The molecule has 0 unspecified atom stereocenters. The summed E-state index contributed by atoms with van der Waals surface area (Å²) >= 11 is 0. The fourth-order valence-corrected chi connectivity index (χ4v) is 4.64. The first-order valence-electron chi connectivity index (χ1n) is 12.4. The van der Waals surface area contributed by atoms with Gasteiger partial charge in [0, 0.05) is 24.8 Å². The molecule has 1 saturated heterocycles. The summed E-state index contributed by atoms with van der Waals surface area (Å²) in [6.45, 7) is 1.11. The van der Waals surface area contributed by atoms with Crippen LogP contribution in [0.15, 0.2) is 72.8 Å². The Morgan fingerprint density at radius 1 is 0.947 bits per heavy atom. The Morgan fingerprint density at radius 2 is 1.58 bits per heavy atom. The van der Waals surface area contributed by atoms with Crippen LogP contribution in [-0.2, 0) is 20.7 Å². The SMILES string of the molecule is COC(=O)N[C@@H](C(=O)Nc1ccc(C2CCN(C(=O)Cc3cc(F)cc(F)c3)CC2)cc1)c1ccccc1. The van der Waals surface area contributed by atoms with Crippen LogP contribution in [0.25, 0.3) is 0 Å². The first-order chi connectivity index (χ1) is 18.3. The van der Waals surface area contributed by atoms with Gasteiger partial charge < -0.3 is 20.3 Å². The van der Waals surface area contributed by atoms with E-state index in [1.165, 1.54) is 19.2 Å². The fraction of sp³-hybridized carbons (Fsp3) is 0.276. The molecule has 0 spiro atoms. The molecule has 1 heterocycles. The van der Waals surface area contributed by atoms with Crippen molar-refractivity contribution < 1.29 is 27.9 Å². The van der Waals surface area contributed by atoms with Gasteiger partial charge in [-0.1, -0.05) is 42.5 Å². The van der Waals surface area contributed by atoms with Crippen molar-refractivity contribution in [3.8, 4) is 0 Å². The quantitative estimate of drug-likeness (QED) is 0.461. The molecular formula is C29H29F2N3O4. The second-order valence-corrected chi connectivity index (χ2v) is 9.20. The van der Waals surface area contributed by atoms with Crippen LogP contribution in [-0.4, -0.2) is 43.0 Å². The summed E-state index contributed by atoms with van der Waals surface area (Å²) in [6, 6.07) is 18.6. The monoisotopic (exact) mass is 521 g/mol. The molecule has 38 heavy (non-hydrogen) atoms. The van der Waals surface area contributed by atoms with Gasteiger partial charge in [-0.25, -0.2) is 13.6 Å². The molecule has 9 heteroatoms. The van der Waals surface area contributed by atoms with Crippen molar-refractivity contribution in [3.63, 3.8) is 0 Å². The van der Waals surface area contributed by atoms with Crippen LogP contribution in [0.5, 0.6) is 0 Å². The maximum absolute atomic E-state index is 13.4. The fourth-order valence-electron chi connectivity index (χ4n) is 4.64. The van der Waals surface area contributed by atoms with Crippen LogP contribution >= 0.6 is 0 Å². The summed E-state index contributed by atoms with van der Waals surface area (Å²) in [5.41, 5.74) is 2.62. The van der Waals surface area contributed by atoms with Gasteiger partial charge in [-0.3, -0.25) is 9.59 Å². The van der Waals surface area contributed by atoms with E-state index in [2.05, 4.69) is 15.4 Å². The van der Waals surface area contributed by atoms with Gasteiger partial charge in [0.1, 0.15) is 17.7 Å². The molecule has 1 aliphatic heterocycles. The first-order valence-corrected chi connectivity index (χ1v) is 12.4. The molecule has 4 rings (SSSR count). The number of hydrogen-bond donors (Lipinski definition) is 2. The van der Waals surface area contributed by atoms with Gasteiger partial charge in [0.05, 0.1) is 13.5 Å². The summed E-state index contributed by atoms with van der Waals surface area (Å²) < 4.78 is 31.5. The molecule has 3 amide bonds. The number of anilines is 1. The Bertz CT molecular complexity index is 1260. The zero-order chi connectivity index (χ0) is 27.1. The molecule has 0 radical (unpaired) electrons. The Morgan fingerprint density at radius 3 is 2.18 bits per heavy atom. The molecule has 1 aliphatic rings. The molecule has 0 bridgehead atoms. The molecule has 2 N–H and O–H groups in total. The van der Waals surface area contributed by atoms with E-state index in [0.717, 1.165) is 24.5 Å². The average molecular weight is 522 g/mol. The van der Waals surface area contributed by atoms with Crippen molar-refractivity contribution in [1.29, 1.82) is 0 Å². The van der Waals surface area contributed by atoms with Gasteiger partial charge in [0.2, 0.25) is 5.91 Å². The van der Waals surface area contributed by atoms with E-state index in [9.17, 15) is 23.2 Å². The third kappa shape index (κ3) is 6.94. The van der Waals surface area contributed by atoms with Crippen molar-refractivity contribution in [2.24, 2.45) is 0 Å². The Hall–Kier alpha value is -4.27. The van der Waals surface area contributed by atoms with Crippen LogP contribution in [0.3, 0.4) is 0 Å². The van der Waals surface area contributed by atoms with E-state index in [0.29, 0.717) is 29.9 Å². The molecule has 1 atom stereocenters. The lowest BCUT2D eigenvalue weighted by atomic mass is 9.89. The number of nitrogens with one attached hydrogen (secondary N) is 2. The van der Waals surface area contributed by atoms with Crippen LogP contribution in [0.4, 0.5) is 19.3 Å². The van der Waals surface area contributed by atoms with Crippen LogP contribution in [0, 0.1) is 11.6 Å². The topological polar surface area (TPSA) is 87.7 Å². The number of carbonyl (C=O) groups excluding carboxylic acids is 3. The smallest absolute Gasteiger partial charge is 0.407 e. The van der Waals surface area contributed by atoms with Crippen molar-refractivity contribution >= 4 is 23.6 Å². The number of amides is 3. The van der Waals surface area contributed by atoms with Crippen molar-refractivity contribution in [2.45, 2.75) is 31.2 Å². The van der Waals surface area contributed by atoms with Gasteiger partial charge in [-0.05, 0) is 59.7 Å². The minimum Gasteiger partial charge on any atom is -0.453 e. The standard InChI is InChI=1S/C29H29F2N3O4/c1-38-29(37)33-27(22-5-3-2-4-6-22)28(36)32-25-9-7-20(8-10-25)21-11-13-34(14-12-21)26(35)17-19-15-23(30)18-24(31)16-19/h2-10,15-16,18,21,27H,11-14,17H2,1H3,(H,32,36)(H,33,37)/t27-/m1/s1. The number of likely N-dealkylation sites (tertiary alicyclic amines) is 1. The lowest BCUT2D eigenvalue weighted by molar-refractivity contribution is -0.131. The number of hydrogen-bond acceptors (Lipinski definition) is 4. The predicted molar refractivity (Wildman–Crippen MR) is 138 cm³/mol. The summed E-state index contributed by atoms with van der Waals surface area (Å²) in [7, 11) is 1.24. The minimum absolute atomic E-state index is 0.0391. The van der Waals surface area contributed by atoms with Crippen molar-refractivity contribution in [3.05, 3.63) is 101 Å². The van der Waals surface area contributed by atoms with Gasteiger partial charge >= 0.3 is 6.09 Å². The van der Waals surface area contributed by atoms with E-state index in [1.807, 2.05) is 30.3 Å². The highest BCUT2D eigenvalue weighted by atomic mass is 19.1. The van der Waals surface area contributed by atoms with E-state index >= 15 is 0 Å². The second-order valence-electron chi connectivity index (χ2n) is 9.20. The number of methoxy groups -OCH3 is 1. The van der Waals surface area contributed by atoms with E-state index in [-0.39, 0.29) is 18.2 Å². The van der Waals surface area contributed by atoms with Gasteiger partial charge in [-0.2, -0.15) is 0 Å². The van der Waals surface area contributed by atoms with Crippen LogP contribution in [0.2, 0.25) is 0 Å².